The molecule has 1 aliphatic rings. The zero-order chi connectivity index (χ0) is 17.8. The van der Waals surface area contributed by atoms with E-state index >= 15 is 0 Å². The molecule has 1 aromatic heterocycles. The molecule has 1 fully saturated rings. The molecule has 1 aliphatic heterocycles. The van der Waals surface area contributed by atoms with Crippen molar-refractivity contribution in [2.24, 2.45) is 5.92 Å². The van der Waals surface area contributed by atoms with Gasteiger partial charge >= 0.3 is 0 Å². The molecule has 1 amide bonds. The Morgan fingerprint density at radius 3 is 2.56 bits per heavy atom. The van der Waals surface area contributed by atoms with Gasteiger partial charge in [0, 0.05) is 12.1 Å². The Kier molecular flexibility index (Phi) is 9.30. The molecule has 0 radical (unpaired) electrons. The number of nitrogens with zero attached hydrogens (tertiary/aromatic N) is 2. The first-order valence-corrected chi connectivity index (χ1v) is 9.16. The van der Waals surface area contributed by atoms with E-state index in [0.29, 0.717) is 12.3 Å². The van der Waals surface area contributed by atoms with Crippen LogP contribution in [-0.4, -0.2) is 28.8 Å². The summed E-state index contributed by atoms with van der Waals surface area (Å²) in [4.78, 5) is 12.2. The van der Waals surface area contributed by atoms with E-state index in [9.17, 15) is 4.79 Å². The average Bonchev–Trinajstić information content (AvgIpc) is 3.22. The lowest BCUT2D eigenvalue weighted by atomic mass is 10.0. The topological polar surface area (TPSA) is 59.0 Å². The normalized spacial score (nSPS) is 16.9. The van der Waals surface area contributed by atoms with E-state index < -0.39 is 0 Å². The molecule has 2 heterocycles. The van der Waals surface area contributed by atoms with Crippen molar-refractivity contribution in [2.45, 2.75) is 46.1 Å². The molecule has 0 spiro atoms. The number of aryl methyl sites for hydroxylation is 2. The van der Waals surface area contributed by atoms with Crippen molar-refractivity contribution >= 4 is 30.7 Å². The number of nitrogens with one attached hydrogen (secondary N) is 2. The summed E-state index contributed by atoms with van der Waals surface area (Å²) in [6.07, 6.45) is 2.78. The molecule has 1 aromatic carbocycles. The molecule has 0 aliphatic carbocycles. The Morgan fingerprint density at radius 1 is 1.30 bits per heavy atom. The van der Waals surface area contributed by atoms with Crippen LogP contribution in [0.25, 0.3) is 5.69 Å². The maximum absolute atomic E-state index is 12.2. The monoisotopic (exact) mass is 412 g/mol. The third-order valence-corrected chi connectivity index (χ3v) is 4.97. The lowest BCUT2D eigenvalue weighted by molar-refractivity contribution is -0.122. The summed E-state index contributed by atoms with van der Waals surface area (Å²) in [5, 5.41) is 11.0. The second kappa shape index (κ2) is 10.7. The van der Waals surface area contributed by atoms with Crippen LogP contribution in [0, 0.1) is 19.8 Å². The summed E-state index contributed by atoms with van der Waals surface area (Å²) in [6.45, 7) is 8.22. The second-order valence-electron chi connectivity index (χ2n) is 7.12. The quantitative estimate of drug-likeness (QED) is 0.755. The molecular formula is C20H30Cl2N4O. The van der Waals surface area contributed by atoms with E-state index in [1.54, 1.807) is 0 Å². The van der Waals surface area contributed by atoms with Gasteiger partial charge in [0.05, 0.1) is 17.4 Å². The molecule has 150 valence electrons. The van der Waals surface area contributed by atoms with Gasteiger partial charge in [-0.25, -0.2) is 4.68 Å². The summed E-state index contributed by atoms with van der Waals surface area (Å²) in [5.74, 6) is 0.795. The number of hydrogen-bond acceptors (Lipinski definition) is 3. The molecule has 2 unspecified atom stereocenters. The summed E-state index contributed by atoms with van der Waals surface area (Å²) in [5.41, 5.74) is 4.29. The molecule has 2 N–H and O–H groups in total. The van der Waals surface area contributed by atoms with Gasteiger partial charge in [0.1, 0.15) is 0 Å². The van der Waals surface area contributed by atoms with Crippen LogP contribution in [0.3, 0.4) is 0 Å². The highest BCUT2D eigenvalue weighted by atomic mass is 35.5. The summed E-state index contributed by atoms with van der Waals surface area (Å²) in [7, 11) is 0. The lowest BCUT2D eigenvalue weighted by Crippen LogP contribution is -2.27. The lowest BCUT2D eigenvalue weighted by Gasteiger charge is -2.16. The van der Waals surface area contributed by atoms with Crippen LogP contribution < -0.4 is 10.6 Å². The van der Waals surface area contributed by atoms with Gasteiger partial charge in [-0.05, 0) is 76.4 Å². The standard InChI is InChI=1S/C20H28N4O.2ClH/c1-14-12-15(2)24(23-14)19-7-5-18(6-8-19)16(3)22-20(25)9-4-17-10-11-21-13-17;;/h5-8,12,16-17,21H,4,9-11,13H2,1-3H3,(H,22,25);2*1H. The van der Waals surface area contributed by atoms with Gasteiger partial charge in [-0.3, -0.25) is 4.79 Å². The minimum atomic E-state index is 0. The fourth-order valence-corrected chi connectivity index (χ4v) is 3.49. The number of rotatable bonds is 6. The Balaban J connectivity index is 0.00000182. The first kappa shape index (κ1) is 23.5. The number of hydrogen-bond donors (Lipinski definition) is 2. The SMILES string of the molecule is Cc1cc(C)n(-c2ccc(C(C)NC(=O)CCC3CCNC3)cc2)n1.Cl.Cl. The molecule has 3 rings (SSSR count). The van der Waals surface area contributed by atoms with E-state index in [1.807, 2.05) is 18.5 Å². The van der Waals surface area contributed by atoms with Gasteiger partial charge in [0.25, 0.3) is 0 Å². The van der Waals surface area contributed by atoms with Crippen molar-refractivity contribution in [3.8, 4) is 5.69 Å². The molecule has 7 heteroatoms. The van der Waals surface area contributed by atoms with Gasteiger partial charge in [-0.2, -0.15) is 5.10 Å². The highest BCUT2D eigenvalue weighted by Crippen LogP contribution is 2.18. The zero-order valence-corrected chi connectivity index (χ0v) is 17.8. The van der Waals surface area contributed by atoms with Gasteiger partial charge in [-0.15, -0.1) is 24.8 Å². The van der Waals surface area contributed by atoms with E-state index in [1.165, 1.54) is 6.42 Å². The van der Waals surface area contributed by atoms with Crippen LogP contribution in [0.15, 0.2) is 30.3 Å². The van der Waals surface area contributed by atoms with Crippen molar-refractivity contribution < 1.29 is 4.79 Å². The average molecular weight is 413 g/mol. The Labute approximate surface area is 174 Å². The molecule has 2 aromatic rings. The number of halogens is 2. The highest BCUT2D eigenvalue weighted by Gasteiger charge is 2.17. The molecule has 0 bridgehead atoms. The van der Waals surface area contributed by atoms with Crippen LogP contribution in [0.5, 0.6) is 0 Å². The molecular weight excluding hydrogens is 383 g/mol. The Bertz CT molecular complexity index is 724. The van der Waals surface area contributed by atoms with Crippen LogP contribution >= 0.6 is 24.8 Å². The predicted octanol–water partition coefficient (Wildman–Crippen LogP) is 3.90. The molecule has 27 heavy (non-hydrogen) atoms. The third kappa shape index (κ3) is 6.23. The van der Waals surface area contributed by atoms with Crippen LogP contribution in [0.1, 0.15) is 49.2 Å². The second-order valence-corrected chi connectivity index (χ2v) is 7.12. The number of carbonyl (C=O) groups is 1. The van der Waals surface area contributed by atoms with Gasteiger partial charge in [-0.1, -0.05) is 12.1 Å². The fraction of sp³-hybridized carbons (Fsp3) is 0.500. The Hall–Kier alpha value is -1.56. The highest BCUT2D eigenvalue weighted by molar-refractivity contribution is 5.85. The van der Waals surface area contributed by atoms with Crippen molar-refractivity contribution in [3.63, 3.8) is 0 Å². The number of benzene rings is 1. The van der Waals surface area contributed by atoms with Crippen LogP contribution in [0.4, 0.5) is 0 Å². The maximum Gasteiger partial charge on any atom is 0.220 e. The van der Waals surface area contributed by atoms with Gasteiger partial charge < -0.3 is 10.6 Å². The van der Waals surface area contributed by atoms with Crippen LogP contribution in [-0.2, 0) is 4.79 Å². The number of amides is 1. The minimum Gasteiger partial charge on any atom is -0.350 e. The first-order valence-electron chi connectivity index (χ1n) is 9.16. The number of aromatic nitrogens is 2. The molecule has 2 atom stereocenters. The van der Waals surface area contributed by atoms with Crippen molar-refractivity contribution in [1.29, 1.82) is 0 Å². The van der Waals surface area contributed by atoms with Gasteiger partial charge in [0.2, 0.25) is 5.91 Å². The zero-order valence-electron chi connectivity index (χ0n) is 16.2. The molecule has 0 saturated carbocycles. The third-order valence-electron chi connectivity index (χ3n) is 4.97. The van der Waals surface area contributed by atoms with Crippen LogP contribution in [0.2, 0.25) is 0 Å². The van der Waals surface area contributed by atoms with E-state index in [4.69, 9.17) is 0 Å². The first-order chi connectivity index (χ1) is 12.0. The molecule has 1 saturated heterocycles. The smallest absolute Gasteiger partial charge is 0.220 e. The Morgan fingerprint density at radius 2 is 2.00 bits per heavy atom. The summed E-state index contributed by atoms with van der Waals surface area (Å²) < 4.78 is 1.94. The summed E-state index contributed by atoms with van der Waals surface area (Å²) >= 11 is 0. The maximum atomic E-state index is 12.2. The van der Waals surface area contributed by atoms with Crippen molar-refractivity contribution in [3.05, 3.63) is 47.3 Å². The summed E-state index contributed by atoms with van der Waals surface area (Å²) in [6, 6.07) is 10.3. The number of carbonyl (C=O) groups excluding carboxylic acids is 1. The van der Waals surface area contributed by atoms with Crippen molar-refractivity contribution in [2.75, 3.05) is 13.1 Å². The van der Waals surface area contributed by atoms with E-state index in [-0.39, 0.29) is 36.8 Å². The predicted molar refractivity (Wildman–Crippen MR) is 114 cm³/mol. The van der Waals surface area contributed by atoms with Gasteiger partial charge in [0.15, 0.2) is 0 Å². The van der Waals surface area contributed by atoms with E-state index in [2.05, 4.69) is 53.0 Å². The molecule has 5 nitrogen and oxygen atoms in total. The minimum absolute atomic E-state index is 0. The van der Waals surface area contributed by atoms with Crippen molar-refractivity contribution in [1.82, 2.24) is 20.4 Å². The largest absolute Gasteiger partial charge is 0.350 e. The van der Waals surface area contributed by atoms with E-state index in [0.717, 1.165) is 42.1 Å². The fourth-order valence-electron chi connectivity index (χ4n) is 3.49.